The monoisotopic (exact) mass is 239 g/mol. The van der Waals surface area contributed by atoms with Crippen LogP contribution in [0.3, 0.4) is 0 Å². The number of aromatic nitrogens is 2. The van der Waals surface area contributed by atoms with Gasteiger partial charge in [-0.3, -0.25) is 4.68 Å². The van der Waals surface area contributed by atoms with Gasteiger partial charge in [0.2, 0.25) is 0 Å². The molecule has 0 saturated heterocycles. The fraction of sp³-hybridized carbons (Fsp3) is 0.769. The van der Waals surface area contributed by atoms with E-state index >= 15 is 0 Å². The molecule has 1 rings (SSSR count). The highest BCUT2D eigenvalue weighted by atomic mass is 16.3. The van der Waals surface area contributed by atoms with Crippen molar-refractivity contribution < 1.29 is 5.11 Å². The van der Waals surface area contributed by atoms with Crippen LogP contribution in [0.4, 0.5) is 0 Å². The number of nitrogens with one attached hydrogen (secondary N) is 1. The molecule has 17 heavy (non-hydrogen) atoms. The standard InChI is InChI=1S/C13H25N3O/c1-10(2)13-12(9-16(4)15-13)8-14-7-5-6-11(3)17/h9-11,14,17H,5-8H2,1-4H3. The zero-order chi connectivity index (χ0) is 12.8. The second-order valence-electron chi connectivity index (χ2n) is 5.04. The average molecular weight is 239 g/mol. The van der Waals surface area contributed by atoms with Gasteiger partial charge in [-0.2, -0.15) is 5.10 Å². The maximum Gasteiger partial charge on any atom is 0.0694 e. The first-order valence-electron chi connectivity index (χ1n) is 6.42. The number of nitrogens with zero attached hydrogens (tertiary/aromatic N) is 2. The van der Waals surface area contributed by atoms with Gasteiger partial charge in [0.15, 0.2) is 0 Å². The van der Waals surface area contributed by atoms with Crippen molar-refractivity contribution in [2.75, 3.05) is 6.54 Å². The van der Waals surface area contributed by atoms with E-state index in [1.807, 2.05) is 18.7 Å². The Labute approximate surface area is 104 Å². The largest absolute Gasteiger partial charge is 0.393 e. The highest BCUT2D eigenvalue weighted by molar-refractivity contribution is 5.19. The van der Waals surface area contributed by atoms with Crippen LogP contribution in [-0.4, -0.2) is 27.5 Å². The van der Waals surface area contributed by atoms with Crippen molar-refractivity contribution in [3.8, 4) is 0 Å². The quantitative estimate of drug-likeness (QED) is 0.713. The lowest BCUT2D eigenvalue weighted by Crippen LogP contribution is -2.17. The molecule has 1 heterocycles. The van der Waals surface area contributed by atoms with Crippen LogP contribution in [0.5, 0.6) is 0 Å². The normalized spacial score (nSPS) is 13.3. The van der Waals surface area contributed by atoms with Gasteiger partial charge in [-0.05, 0) is 32.2 Å². The molecular formula is C13H25N3O. The van der Waals surface area contributed by atoms with E-state index in [-0.39, 0.29) is 6.10 Å². The summed E-state index contributed by atoms with van der Waals surface area (Å²) in [6.45, 7) is 7.97. The highest BCUT2D eigenvalue weighted by Crippen LogP contribution is 2.16. The maximum absolute atomic E-state index is 9.15. The van der Waals surface area contributed by atoms with E-state index in [4.69, 9.17) is 5.11 Å². The third-order valence-corrected chi connectivity index (χ3v) is 2.77. The molecule has 1 aromatic heterocycles. The number of hydrogen-bond acceptors (Lipinski definition) is 3. The Morgan fingerprint density at radius 3 is 2.71 bits per heavy atom. The highest BCUT2D eigenvalue weighted by Gasteiger charge is 2.10. The van der Waals surface area contributed by atoms with Gasteiger partial charge in [0, 0.05) is 25.4 Å². The van der Waals surface area contributed by atoms with Gasteiger partial charge in [-0.25, -0.2) is 0 Å². The molecule has 1 unspecified atom stereocenters. The third-order valence-electron chi connectivity index (χ3n) is 2.77. The van der Waals surface area contributed by atoms with Crippen LogP contribution in [0, 0.1) is 0 Å². The lowest BCUT2D eigenvalue weighted by Gasteiger charge is -2.07. The fourth-order valence-corrected chi connectivity index (χ4v) is 1.92. The van der Waals surface area contributed by atoms with Gasteiger partial charge in [-0.1, -0.05) is 13.8 Å². The van der Waals surface area contributed by atoms with Crippen LogP contribution in [-0.2, 0) is 13.6 Å². The van der Waals surface area contributed by atoms with E-state index in [2.05, 4.69) is 30.5 Å². The molecule has 4 heteroatoms. The second-order valence-corrected chi connectivity index (χ2v) is 5.04. The van der Waals surface area contributed by atoms with E-state index in [0.717, 1.165) is 25.9 Å². The smallest absolute Gasteiger partial charge is 0.0694 e. The van der Waals surface area contributed by atoms with Crippen LogP contribution in [0.1, 0.15) is 50.8 Å². The summed E-state index contributed by atoms with van der Waals surface area (Å²) in [4.78, 5) is 0. The Hall–Kier alpha value is -0.870. The van der Waals surface area contributed by atoms with E-state index < -0.39 is 0 Å². The molecule has 2 N–H and O–H groups in total. The Morgan fingerprint density at radius 2 is 2.12 bits per heavy atom. The predicted molar refractivity (Wildman–Crippen MR) is 69.9 cm³/mol. The molecule has 0 aliphatic rings. The second kappa shape index (κ2) is 6.77. The van der Waals surface area contributed by atoms with Gasteiger partial charge in [0.05, 0.1) is 11.8 Å². The molecule has 0 aliphatic carbocycles. The minimum atomic E-state index is -0.193. The summed E-state index contributed by atoms with van der Waals surface area (Å²) in [5.74, 6) is 0.463. The maximum atomic E-state index is 9.15. The molecule has 98 valence electrons. The molecule has 4 nitrogen and oxygen atoms in total. The molecule has 0 bridgehead atoms. The topological polar surface area (TPSA) is 50.1 Å². The fourth-order valence-electron chi connectivity index (χ4n) is 1.92. The molecule has 0 saturated carbocycles. The average Bonchev–Trinajstić information content (AvgIpc) is 2.59. The molecule has 0 amide bonds. The van der Waals surface area contributed by atoms with Crippen molar-refractivity contribution in [1.29, 1.82) is 0 Å². The minimum Gasteiger partial charge on any atom is -0.393 e. The van der Waals surface area contributed by atoms with Crippen LogP contribution in [0.25, 0.3) is 0 Å². The Kier molecular flexibility index (Phi) is 5.65. The Bertz CT molecular complexity index is 331. The van der Waals surface area contributed by atoms with Gasteiger partial charge < -0.3 is 10.4 Å². The van der Waals surface area contributed by atoms with Crippen molar-refractivity contribution in [3.05, 3.63) is 17.5 Å². The third kappa shape index (κ3) is 4.88. The van der Waals surface area contributed by atoms with Gasteiger partial charge >= 0.3 is 0 Å². The molecule has 0 aliphatic heterocycles. The van der Waals surface area contributed by atoms with E-state index in [9.17, 15) is 0 Å². The zero-order valence-corrected chi connectivity index (χ0v) is 11.4. The zero-order valence-electron chi connectivity index (χ0n) is 11.4. The summed E-state index contributed by atoms with van der Waals surface area (Å²) in [5.41, 5.74) is 2.45. The van der Waals surface area contributed by atoms with Crippen molar-refractivity contribution in [3.63, 3.8) is 0 Å². The number of aliphatic hydroxyl groups excluding tert-OH is 1. The van der Waals surface area contributed by atoms with E-state index in [1.54, 1.807) is 0 Å². The summed E-state index contributed by atoms with van der Waals surface area (Å²) < 4.78 is 1.88. The van der Waals surface area contributed by atoms with Crippen molar-refractivity contribution in [2.45, 2.75) is 52.2 Å². The van der Waals surface area contributed by atoms with E-state index in [1.165, 1.54) is 11.3 Å². The van der Waals surface area contributed by atoms with Crippen molar-refractivity contribution in [2.24, 2.45) is 7.05 Å². The van der Waals surface area contributed by atoms with Crippen molar-refractivity contribution in [1.82, 2.24) is 15.1 Å². The Balaban J connectivity index is 2.36. The summed E-state index contributed by atoms with van der Waals surface area (Å²) in [6, 6.07) is 0. The van der Waals surface area contributed by atoms with Crippen LogP contribution in [0.15, 0.2) is 6.20 Å². The lowest BCUT2D eigenvalue weighted by atomic mass is 10.1. The summed E-state index contributed by atoms with van der Waals surface area (Å²) in [5, 5.41) is 17.0. The van der Waals surface area contributed by atoms with Crippen LogP contribution < -0.4 is 5.32 Å². The SMILES string of the molecule is CC(O)CCCNCc1cn(C)nc1C(C)C. The first kappa shape index (κ1) is 14.2. The molecule has 0 radical (unpaired) electrons. The first-order chi connectivity index (χ1) is 8.00. The number of aryl methyl sites for hydroxylation is 1. The molecule has 0 aromatic carbocycles. The summed E-state index contributed by atoms with van der Waals surface area (Å²) in [7, 11) is 1.96. The molecule has 1 atom stereocenters. The lowest BCUT2D eigenvalue weighted by molar-refractivity contribution is 0.181. The van der Waals surface area contributed by atoms with Crippen molar-refractivity contribution >= 4 is 0 Å². The van der Waals surface area contributed by atoms with E-state index in [0.29, 0.717) is 5.92 Å². The van der Waals surface area contributed by atoms with Crippen LogP contribution >= 0.6 is 0 Å². The van der Waals surface area contributed by atoms with Gasteiger partial charge in [0.25, 0.3) is 0 Å². The summed E-state index contributed by atoms with van der Waals surface area (Å²) in [6.07, 6.45) is 3.75. The first-order valence-corrected chi connectivity index (χ1v) is 6.42. The molecule has 0 spiro atoms. The minimum absolute atomic E-state index is 0.193. The number of rotatable bonds is 7. The van der Waals surface area contributed by atoms with Gasteiger partial charge in [-0.15, -0.1) is 0 Å². The van der Waals surface area contributed by atoms with Crippen LogP contribution in [0.2, 0.25) is 0 Å². The summed E-state index contributed by atoms with van der Waals surface area (Å²) >= 11 is 0. The Morgan fingerprint density at radius 1 is 1.41 bits per heavy atom. The number of aliphatic hydroxyl groups is 1. The molecule has 0 fully saturated rings. The molecule has 1 aromatic rings. The predicted octanol–water partition coefficient (Wildman–Crippen LogP) is 1.79. The van der Waals surface area contributed by atoms with Gasteiger partial charge in [0.1, 0.15) is 0 Å². The molecular weight excluding hydrogens is 214 g/mol. The number of hydrogen-bond donors (Lipinski definition) is 2.